The molecule has 0 saturated carbocycles. The highest BCUT2D eigenvalue weighted by atomic mass is 19.2. The maximum atomic E-state index is 13.3. The fraction of sp³-hybridized carbons (Fsp3) is 0.118. The lowest BCUT2D eigenvalue weighted by atomic mass is 10.2. The van der Waals surface area contributed by atoms with E-state index < -0.39 is 11.6 Å². The van der Waals surface area contributed by atoms with E-state index in [9.17, 15) is 8.78 Å². The summed E-state index contributed by atoms with van der Waals surface area (Å²) in [5.41, 5.74) is 1.29. The third-order valence-corrected chi connectivity index (χ3v) is 3.38. The Morgan fingerprint density at radius 3 is 2.72 bits per heavy atom. The van der Waals surface area contributed by atoms with E-state index in [2.05, 4.69) is 25.8 Å². The van der Waals surface area contributed by atoms with Crippen molar-refractivity contribution in [1.82, 2.24) is 15.2 Å². The Labute approximate surface area is 142 Å². The van der Waals surface area contributed by atoms with Crippen LogP contribution in [0.1, 0.15) is 5.56 Å². The maximum absolute atomic E-state index is 13.3. The van der Waals surface area contributed by atoms with Gasteiger partial charge >= 0.3 is 0 Å². The number of hydrogen-bond donors (Lipinski definition) is 2. The highest BCUT2D eigenvalue weighted by molar-refractivity contribution is 5.56. The summed E-state index contributed by atoms with van der Waals surface area (Å²) in [5, 5.41) is 13.6. The number of anilines is 3. The van der Waals surface area contributed by atoms with Crippen LogP contribution < -0.4 is 15.4 Å². The Balaban J connectivity index is 1.70. The molecule has 0 unspecified atom stereocenters. The summed E-state index contributed by atoms with van der Waals surface area (Å²) >= 11 is 0. The van der Waals surface area contributed by atoms with Gasteiger partial charge in [0, 0.05) is 23.9 Å². The molecule has 0 bridgehead atoms. The van der Waals surface area contributed by atoms with Crippen LogP contribution in [0.4, 0.5) is 26.2 Å². The van der Waals surface area contributed by atoms with Gasteiger partial charge in [0.15, 0.2) is 17.5 Å². The molecule has 3 aromatic rings. The summed E-state index contributed by atoms with van der Waals surface area (Å²) in [5.74, 6) is -0.465. The fourth-order valence-electron chi connectivity index (χ4n) is 2.18. The van der Waals surface area contributed by atoms with Crippen LogP contribution in [0.25, 0.3) is 0 Å². The predicted octanol–water partition coefficient (Wildman–Crippen LogP) is 3.51. The van der Waals surface area contributed by atoms with Crippen LogP contribution in [-0.4, -0.2) is 22.3 Å². The second-order valence-electron chi connectivity index (χ2n) is 5.08. The molecule has 25 heavy (non-hydrogen) atoms. The third kappa shape index (κ3) is 4.17. The molecule has 2 N–H and O–H groups in total. The Morgan fingerprint density at radius 2 is 1.92 bits per heavy atom. The standard InChI is InChI=1S/C17H15F2N5O/c1-25-15-5-3-2-4-11(15)9-20-17-23-16(10-21-24-17)22-12-6-7-13(18)14(19)8-12/h2-8,10H,9H2,1H3,(H2,20,22,23,24). The zero-order valence-electron chi connectivity index (χ0n) is 13.3. The van der Waals surface area contributed by atoms with Crippen LogP contribution in [-0.2, 0) is 6.54 Å². The van der Waals surface area contributed by atoms with Gasteiger partial charge in [0.1, 0.15) is 5.75 Å². The Hall–Kier alpha value is -3.29. The van der Waals surface area contributed by atoms with Gasteiger partial charge in [-0.15, -0.1) is 5.10 Å². The van der Waals surface area contributed by atoms with Crippen molar-refractivity contribution in [2.24, 2.45) is 0 Å². The summed E-state index contributed by atoms with van der Waals surface area (Å²) in [7, 11) is 1.60. The molecule has 1 heterocycles. The first-order valence-corrected chi connectivity index (χ1v) is 7.43. The average Bonchev–Trinajstić information content (AvgIpc) is 2.63. The quantitative estimate of drug-likeness (QED) is 0.714. The van der Waals surface area contributed by atoms with E-state index in [1.165, 1.54) is 12.3 Å². The molecule has 8 heteroatoms. The van der Waals surface area contributed by atoms with Crippen molar-refractivity contribution >= 4 is 17.5 Å². The van der Waals surface area contributed by atoms with Gasteiger partial charge in [-0.1, -0.05) is 18.2 Å². The van der Waals surface area contributed by atoms with Gasteiger partial charge in [0.05, 0.1) is 13.3 Å². The smallest absolute Gasteiger partial charge is 0.244 e. The number of hydrogen-bond acceptors (Lipinski definition) is 6. The van der Waals surface area contributed by atoms with Gasteiger partial charge in [0.25, 0.3) is 0 Å². The topological polar surface area (TPSA) is 72.0 Å². The molecule has 0 aliphatic heterocycles. The van der Waals surface area contributed by atoms with Gasteiger partial charge in [-0.3, -0.25) is 0 Å². The molecule has 128 valence electrons. The van der Waals surface area contributed by atoms with Crippen molar-refractivity contribution in [2.45, 2.75) is 6.54 Å². The molecule has 0 fully saturated rings. The van der Waals surface area contributed by atoms with Crippen LogP contribution in [0.3, 0.4) is 0 Å². The maximum Gasteiger partial charge on any atom is 0.244 e. The minimum atomic E-state index is -0.943. The molecule has 6 nitrogen and oxygen atoms in total. The number of nitrogens with zero attached hydrogens (tertiary/aromatic N) is 3. The van der Waals surface area contributed by atoms with E-state index >= 15 is 0 Å². The van der Waals surface area contributed by atoms with Gasteiger partial charge in [-0.2, -0.15) is 10.1 Å². The molecule has 0 aliphatic rings. The van der Waals surface area contributed by atoms with Gasteiger partial charge in [-0.25, -0.2) is 8.78 Å². The van der Waals surface area contributed by atoms with E-state index in [4.69, 9.17) is 4.74 Å². The summed E-state index contributed by atoms with van der Waals surface area (Å²) in [6.45, 7) is 0.445. The second kappa shape index (κ2) is 7.52. The summed E-state index contributed by atoms with van der Waals surface area (Å²) in [6.07, 6.45) is 1.38. The molecular formula is C17H15F2N5O. The first-order valence-electron chi connectivity index (χ1n) is 7.43. The van der Waals surface area contributed by atoms with E-state index in [1.54, 1.807) is 7.11 Å². The van der Waals surface area contributed by atoms with Crippen LogP contribution >= 0.6 is 0 Å². The molecule has 0 aliphatic carbocycles. The number of aromatic nitrogens is 3. The van der Waals surface area contributed by atoms with Gasteiger partial charge in [0.2, 0.25) is 5.95 Å². The molecule has 0 amide bonds. The number of nitrogens with one attached hydrogen (secondary N) is 2. The molecule has 2 aromatic carbocycles. The van der Waals surface area contributed by atoms with E-state index in [0.717, 1.165) is 23.4 Å². The summed E-state index contributed by atoms with van der Waals surface area (Å²) in [4.78, 5) is 4.24. The second-order valence-corrected chi connectivity index (χ2v) is 5.08. The van der Waals surface area contributed by atoms with Crippen molar-refractivity contribution in [3.63, 3.8) is 0 Å². The third-order valence-electron chi connectivity index (χ3n) is 3.38. The lowest BCUT2D eigenvalue weighted by Crippen LogP contribution is -2.07. The number of para-hydroxylation sites is 1. The molecule has 0 atom stereocenters. The van der Waals surface area contributed by atoms with E-state index in [1.807, 2.05) is 24.3 Å². The van der Waals surface area contributed by atoms with Crippen molar-refractivity contribution in [3.8, 4) is 5.75 Å². The number of halogens is 2. The number of ether oxygens (including phenoxy) is 1. The number of methoxy groups -OCH3 is 1. The van der Waals surface area contributed by atoms with Crippen molar-refractivity contribution in [1.29, 1.82) is 0 Å². The Bertz CT molecular complexity index is 875. The minimum absolute atomic E-state index is 0.290. The van der Waals surface area contributed by atoms with Crippen LogP contribution in [0, 0.1) is 11.6 Å². The Kier molecular flexibility index (Phi) is 4.98. The van der Waals surface area contributed by atoms with Crippen LogP contribution in [0.5, 0.6) is 5.75 Å². The molecule has 3 rings (SSSR count). The largest absolute Gasteiger partial charge is 0.496 e. The highest BCUT2D eigenvalue weighted by Gasteiger charge is 2.06. The average molecular weight is 343 g/mol. The normalized spacial score (nSPS) is 10.4. The predicted molar refractivity (Wildman–Crippen MR) is 89.8 cm³/mol. The SMILES string of the molecule is COc1ccccc1CNc1nncc(Nc2ccc(F)c(F)c2)n1. The van der Waals surface area contributed by atoms with Crippen molar-refractivity contribution < 1.29 is 13.5 Å². The van der Waals surface area contributed by atoms with Crippen LogP contribution in [0.15, 0.2) is 48.7 Å². The molecule has 0 spiro atoms. The molecule has 1 aromatic heterocycles. The first-order chi connectivity index (χ1) is 12.2. The molecule has 0 radical (unpaired) electrons. The lowest BCUT2D eigenvalue weighted by molar-refractivity contribution is 0.410. The Morgan fingerprint density at radius 1 is 1.08 bits per heavy atom. The highest BCUT2D eigenvalue weighted by Crippen LogP contribution is 2.19. The minimum Gasteiger partial charge on any atom is -0.496 e. The molecule has 0 saturated heterocycles. The van der Waals surface area contributed by atoms with Gasteiger partial charge in [-0.05, 0) is 18.2 Å². The summed E-state index contributed by atoms with van der Waals surface area (Å²) < 4.78 is 31.5. The fourth-order valence-corrected chi connectivity index (χ4v) is 2.18. The van der Waals surface area contributed by atoms with Crippen molar-refractivity contribution in [3.05, 3.63) is 65.9 Å². The monoisotopic (exact) mass is 343 g/mol. The van der Waals surface area contributed by atoms with Crippen LogP contribution in [0.2, 0.25) is 0 Å². The zero-order valence-corrected chi connectivity index (χ0v) is 13.3. The van der Waals surface area contributed by atoms with Gasteiger partial charge < -0.3 is 15.4 Å². The number of benzene rings is 2. The first kappa shape index (κ1) is 16.6. The lowest BCUT2D eigenvalue weighted by Gasteiger charge is -2.10. The molecular weight excluding hydrogens is 328 g/mol. The van der Waals surface area contributed by atoms with E-state index in [-0.39, 0.29) is 0 Å². The van der Waals surface area contributed by atoms with Crippen molar-refractivity contribution in [2.75, 3.05) is 17.7 Å². The number of rotatable bonds is 6. The zero-order chi connectivity index (χ0) is 17.6. The summed E-state index contributed by atoms with van der Waals surface area (Å²) in [6, 6.07) is 11.0. The van der Waals surface area contributed by atoms with E-state index in [0.29, 0.717) is 24.0 Å².